The fourth-order valence-corrected chi connectivity index (χ4v) is 1.71. The van der Waals surface area contributed by atoms with E-state index in [1.807, 2.05) is 0 Å². The van der Waals surface area contributed by atoms with Crippen molar-refractivity contribution < 1.29 is 0 Å². The molecule has 3 nitrogen and oxygen atoms in total. The Morgan fingerprint density at radius 1 is 1.62 bits per heavy atom. The minimum absolute atomic E-state index is 1.08. The van der Waals surface area contributed by atoms with Crippen molar-refractivity contribution in [3.63, 3.8) is 0 Å². The van der Waals surface area contributed by atoms with Crippen molar-refractivity contribution in [1.29, 1.82) is 0 Å². The molecule has 1 aliphatic heterocycles. The van der Waals surface area contributed by atoms with Gasteiger partial charge < -0.3 is 5.32 Å². The molecule has 0 bridgehead atoms. The lowest BCUT2D eigenvalue weighted by atomic mass is 10.2. The summed E-state index contributed by atoms with van der Waals surface area (Å²) in [5.41, 5.74) is 1.24. The lowest BCUT2D eigenvalue weighted by Crippen LogP contribution is -2.17. The molecule has 0 saturated carbocycles. The van der Waals surface area contributed by atoms with Crippen molar-refractivity contribution in [3.8, 4) is 0 Å². The molecule has 1 aliphatic rings. The average Bonchev–Trinajstić information content (AvgIpc) is 2.57. The van der Waals surface area contributed by atoms with E-state index < -0.39 is 0 Å². The molecule has 2 heterocycles. The largest absolute Gasteiger partial charge is 0.370 e. The fraction of sp³-hybridized carbons (Fsp3) is 0.700. The quantitative estimate of drug-likeness (QED) is 0.769. The number of nitrogens with one attached hydrogen (secondary N) is 1. The average molecular weight is 179 g/mol. The number of fused-ring (bicyclic) bond motifs is 1. The number of anilines is 1. The maximum atomic E-state index is 4.54. The molecule has 1 aromatic rings. The van der Waals surface area contributed by atoms with Gasteiger partial charge >= 0.3 is 0 Å². The van der Waals surface area contributed by atoms with E-state index in [0.29, 0.717) is 0 Å². The van der Waals surface area contributed by atoms with Gasteiger partial charge in [0.05, 0.1) is 5.69 Å². The zero-order chi connectivity index (χ0) is 9.10. The van der Waals surface area contributed by atoms with Gasteiger partial charge in [-0.05, 0) is 19.3 Å². The standard InChI is InChI=1S/C10H17N3/c1-2-3-5-9-8-10-11-6-4-7-13(10)12-9/h8,11H,2-7H2,1H3. The Morgan fingerprint density at radius 3 is 3.31 bits per heavy atom. The molecule has 0 aliphatic carbocycles. The summed E-state index contributed by atoms with van der Waals surface area (Å²) in [6.07, 6.45) is 4.81. The van der Waals surface area contributed by atoms with Crippen LogP contribution in [-0.2, 0) is 13.0 Å². The number of rotatable bonds is 3. The van der Waals surface area contributed by atoms with E-state index in [-0.39, 0.29) is 0 Å². The summed E-state index contributed by atoms with van der Waals surface area (Å²) in [7, 11) is 0. The predicted molar refractivity (Wildman–Crippen MR) is 53.9 cm³/mol. The van der Waals surface area contributed by atoms with Crippen molar-refractivity contribution >= 4 is 5.82 Å². The van der Waals surface area contributed by atoms with Gasteiger partial charge in [-0.25, -0.2) is 4.68 Å². The Bertz CT molecular complexity index is 254. The molecule has 0 atom stereocenters. The molecule has 0 saturated heterocycles. The highest BCUT2D eigenvalue weighted by atomic mass is 15.3. The summed E-state index contributed by atoms with van der Waals surface area (Å²) >= 11 is 0. The van der Waals surface area contributed by atoms with Crippen LogP contribution in [0.2, 0.25) is 0 Å². The molecule has 0 radical (unpaired) electrons. The highest BCUT2D eigenvalue weighted by molar-refractivity contribution is 5.38. The van der Waals surface area contributed by atoms with Gasteiger partial charge in [0.2, 0.25) is 0 Å². The molecule has 0 spiro atoms. The number of unbranched alkanes of at least 4 members (excludes halogenated alkanes) is 1. The minimum Gasteiger partial charge on any atom is -0.370 e. The van der Waals surface area contributed by atoms with E-state index in [1.165, 1.54) is 30.8 Å². The summed E-state index contributed by atoms with van der Waals surface area (Å²) < 4.78 is 2.09. The zero-order valence-corrected chi connectivity index (χ0v) is 8.21. The first-order valence-corrected chi connectivity index (χ1v) is 5.21. The van der Waals surface area contributed by atoms with Gasteiger partial charge in [-0.15, -0.1) is 0 Å². The number of nitrogens with zero attached hydrogens (tertiary/aromatic N) is 2. The first kappa shape index (κ1) is 8.60. The Balaban J connectivity index is 2.07. The third-order valence-electron chi connectivity index (χ3n) is 2.47. The molecular weight excluding hydrogens is 162 g/mol. The molecular formula is C10H17N3. The van der Waals surface area contributed by atoms with Crippen molar-refractivity contribution in [2.75, 3.05) is 11.9 Å². The van der Waals surface area contributed by atoms with Gasteiger partial charge in [0, 0.05) is 19.2 Å². The predicted octanol–water partition coefficient (Wildman–Crippen LogP) is 2.04. The third kappa shape index (κ3) is 1.85. The first-order chi connectivity index (χ1) is 6.40. The molecule has 13 heavy (non-hydrogen) atoms. The first-order valence-electron chi connectivity index (χ1n) is 5.21. The molecule has 0 aromatic carbocycles. The van der Waals surface area contributed by atoms with Crippen LogP contribution in [-0.4, -0.2) is 16.3 Å². The molecule has 1 aromatic heterocycles. The lowest BCUT2D eigenvalue weighted by Gasteiger charge is -2.14. The number of hydrogen-bond donors (Lipinski definition) is 1. The third-order valence-corrected chi connectivity index (χ3v) is 2.47. The van der Waals surface area contributed by atoms with Gasteiger partial charge in [0.1, 0.15) is 5.82 Å². The van der Waals surface area contributed by atoms with Crippen LogP contribution in [0.5, 0.6) is 0 Å². The molecule has 3 heteroatoms. The summed E-state index contributed by atoms with van der Waals surface area (Å²) in [4.78, 5) is 0. The highest BCUT2D eigenvalue weighted by Crippen LogP contribution is 2.16. The Labute approximate surface area is 79.1 Å². The molecule has 72 valence electrons. The summed E-state index contributed by atoms with van der Waals surface area (Å²) in [5.74, 6) is 1.21. The number of hydrogen-bond acceptors (Lipinski definition) is 2. The van der Waals surface area contributed by atoms with Crippen LogP contribution in [0.4, 0.5) is 5.82 Å². The second-order valence-corrected chi connectivity index (χ2v) is 3.63. The maximum Gasteiger partial charge on any atom is 0.124 e. The van der Waals surface area contributed by atoms with E-state index in [2.05, 4.69) is 28.1 Å². The van der Waals surface area contributed by atoms with Gasteiger partial charge in [0.15, 0.2) is 0 Å². The smallest absolute Gasteiger partial charge is 0.124 e. The number of aryl methyl sites for hydroxylation is 2. The Kier molecular flexibility index (Phi) is 2.52. The van der Waals surface area contributed by atoms with Crippen LogP contribution < -0.4 is 5.32 Å². The number of aromatic nitrogens is 2. The van der Waals surface area contributed by atoms with Crippen LogP contribution in [0.25, 0.3) is 0 Å². The van der Waals surface area contributed by atoms with Crippen molar-refractivity contribution in [3.05, 3.63) is 11.8 Å². The van der Waals surface area contributed by atoms with Crippen LogP contribution in [0.1, 0.15) is 31.9 Å². The molecule has 2 rings (SSSR count). The van der Waals surface area contributed by atoms with Crippen LogP contribution in [0, 0.1) is 0 Å². The maximum absolute atomic E-state index is 4.54. The van der Waals surface area contributed by atoms with Crippen LogP contribution >= 0.6 is 0 Å². The van der Waals surface area contributed by atoms with Crippen molar-refractivity contribution in [2.24, 2.45) is 0 Å². The second-order valence-electron chi connectivity index (χ2n) is 3.63. The second kappa shape index (κ2) is 3.81. The van der Waals surface area contributed by atoms with Crippen molar-refractivity contribution in [2.45, 2.75) is 39.2 Å². The zero-order valence-electron chi connectivity index (χ0n) is 8.21. The highest BCUT2D eigenvalue weighted by Gasteiger charge is 2.10. The normalized spacial score (nSPS) is 15.2. The fourth-order valence-electron chi connectivity index (χ4n) is 1.71. The van der Waals surface area contributed by atoms with Crippen molar-refractivity contribution in [1.82, 2.24) is 9.78 Å². The molecule has 0 amide bonds. The SMILES string of the molecule is CCCCc1cc2n(n1)CCCN2. The lowest BCUT2D eigenvalue weighted by molar-refractivity contribution is 0.559. The van der Waals surface area contributed by atoms with Gasteiger partial charge in [-0.3, -0.25) is 0 Å². The van der Waals surface area contributed by atoms with E-state index in [9.17, 15) is 0 Å². The Morgan fingerprint density at radius 2 is 2.54 bits per heavy atom. The Hall–Kier alpha value is -0.990. The monoisotopic (exact) mass is 179 g/mol. The molecule has 1 N–H and O–H groups in total. The summed E-state index contributed by atoms with van der Waals surface area (Å²) in [5, 5.41) is 7.90. The summed E-state index contributed by atoms with van der Waals surface area (Å²) in [6, 6.07) is 2.19. The van der Waals surface area contributed by atoms with Gasteiger partial charge in [0.25, 0.3) is 0 Å². The van der Waals surface area contributed by atoms with Crippen LogP contribution in [0.3, 0.4) is 0 Å². The topological polar surface area (TPSA) is 29.9 Å². The molecule has 0 unspecified atom stereocenters. The molecule has 0 fully saturated rings. The van der Waals surface area contributed by atoms with E-state index in [4.69, 9.17) is 0 Å². The van der Waals surface area contributed by atoms with Gasteiger partial charge in [-0.2, -0.15) is 5.10 Å². The van der Waals surface area contributed by atoms with Crippen LogP contribution in [0.15, 0.2) is 6.07 Å². The van der Waals surface area contributed by atoms with E-state index >= 15 is 0 Å². The van der Waals surface area contributed by atoms with E-state index in [0.717, 1.165) is 19.5 Å². The summed E-state index contributed by atoms with van der Waals surface area (Å²) in [6.45, 7) is 4.39. The minimum atomic E-state index is 1.08. The van der Waals surface area contributed by atoms with E-state index in [1.54, 1.807) is 0 Å². The van der Waals surface area contributed by atoms with Gasteiger partial charge in [-0.1, -0.05) is 13.3 Å².